The third-order valence-electron chi connectivity index (χ3n) is 4.50. The van der Waals surface area contributed by atoms with Crippen LogP contribution in [0.2, 0.25) is 5.02 Å². The lowest BCUT2D eigenvalue weighted by molar-refractivity contribution is -0.132. The zero-order valence-electron chi connectivity index (χ0n) is 14.1. The van der Waals surface area contributed by atoms with Crippen LogP contribution in [0.1, 0.15) is 42.5 Å². The highest BCUT2D eigenvalue weighted by atomic mass is 35.5. The summed E-state index contributed by atoms with van der Waals surface area (Å²) in [5, 5.41) is 3.78. The van der Waals surface area contributed by atoms with Crippen LogP contribution in [0.5, 0.6) is 0 Å². The Kier molecular flexibility index (Phi) is 9.34. The number of amides is 1. The fourth-order valence-electron chi connectivity index (χ4n) is 2.98. The molecule has 0 saturated carbocycles. The predicted molar refractivity (Wildman–Crippen MR) is 100 cm³/mol. The summed E-state index contributed by atoms with van der Waals surface area (Å²) in [6.07, 6.45) is 3.87. The van der Waals surface area contributed by atoms with Gasteiger partial charge in [-0.3, -0.25) is 9.59 Å². The number of likely N-dealkylation sites (tertiary alicyclic amines) is 1. The van der Waals surface area contributed by atoms with Crippen LogP contribution in [0.4, 0.5) is 0 Å². The summed E-state index contributed by atoms with van der Waals surface area (Å²) in [4.78, 5) is 26.2. The summed E-state index contributed by atoms with van der Waals surface area (Å²) < 4.78 is 0. The van der Waals surface area contributed by atoms with Gasteiger partial charge in [0.2, 0.25) is 5.91 Å². The van der Waals surface area contributed by atoms with Gasteiger partial charge in [-0.05, 0) is 63.0 Å². The molecule has 0 radical (unpaired) electrons. The molecule has 24 heavy (non-hydrogen) atoms. The van der Waals surface area contributed by atoms with Crippen molar-refractivity contribution in [3.05, 3.63) is 34.9 Å². The van der Waals surface area contributed by atoms with Gasteiger partial charge in [-0.2, -0.15) is 0 Å². The van der Waals surface area contributed by atoms with E-state index in [1.165, 1.54) is 6.42 Å². The van der Waals surface area contributed by atoms with Crippen molar-refractivity contribution in [2.75, 3.05) is 26.7 Å². The van der Waals surface area contributed by atoms with Crippen LogP contribution in [0.15, 0.2) is 24.3 Å². The second-order valence-corrected chi connectivity index (χ2v) is 6.58. The van der Waals surface area contributed by atoms with E-state index in [2.05, 4.69) is 5.32 Å². The van der Waals surface area contributed by atoms with E-state index in [1.807, 2.05) is 11.9 Å². The number of nitrogens with one attached hydrogen (secondary N) is 1. The Balaban J connectivity index is 0.00000288. The molecule has 0 unspecified atom stereocenters. The van der Waals surface area contributed by atoms with Crippen molar-refractivity contribution in [2.45, 2.75) is 32.1 Å². The molecule has 0 aromatic heterocycles. The lowest BCUT2D eigenvalue weighted by Gasteiger charge is -2.32. The molecule has 1 aromatic rings. The minimum atomic E-state index is -0.000997. The number of piperidine rings is 1. The molecule has 0 bridgehead atoms. The Labute approximate surface area is 155 Å². The van der Waals surface area contributed by atoms with Gasteiger partial charge in [0.05, 0.1) is 0 Å². The second-order valence-electron chi connectivity index (χ2n) is 6.15. The van der Waals surface area contributed by atoms with Crippen molar-refractivity contribution in [3.8, 4) is 0 Å². The molecular formula is C18H26Cl2N2O2. The number of hydrogen-bond donors (Lipinski definition) is 1. The molecule has 2 rings (SSSR count). The van der Waals surface area contributed by atoms with Crippen LogP contribution in [0.25, 0.3) is 0 Å². The van der Waals surface area contributed by atoms with E-state index < -0.39 is 0 Å². The monoisotopic (exact) mass is 372 g/mol. The molecule has 1 amide bonds. The van der Waals surface area contributed by atoms with Gasteiger partial charge >= 0.3 is 0 Å². The first-order valence-corrected chi connectivity index (χ1v) is 8.69. The second kappa shape index (κ2) is 10.7. The molecular weight excluding hydrogens is 347 g/mol. The number of ketones is 1. The standard InChI is InChI=1S/C18H25ClN2O2.ClH/c1-20-11-8-14-9-12-21(13-10-14)18(23)7-6-17(22)15-2-4-16(19)5-3-15;/h2-5,14,20H,6-13H2,1H3;1H. The summed E-state index contributed by atoms with van der Waals surface area (Å²) in [5.41, 5.74) is 0.618. The van der Waals surface area contributed by atoms with E-state index in [9.17, 15) is 9.59 Å². The van der Waals surface area contributed by atoms with E-state index >= 15 is 0 Å². The smallest absolute Gasteiger partial charge is 0.223 e. The maximum atomic E-state index is 12.2. The summed E-state index contributed by atoms with van der Waals surface area (Å²) in [5.74, 6) is 0.806. The molecule has 1 heterocycles. The fourth-order valence-corrected chi connectivity index (χ4v) is 3.10. The number of hydrogen-bond acceptors (Lipinski definition) is 3. The molecule has 134 valence electrons. The Morgan fingerprint density at radius 1 is 1.17 bits per heavy atom. The quantitative estimate of drug-likeness (QED) is 0.744. The van der Waals surface area contributed by atoms with Crippen molar-refractivity contribution in [1.82, 2.24) is 10.2 Å². The number of carbonyl (C=O) groups is 2. The van der Waals surface area contributed by atoms with Crippen molar-refractivity contribution in [1.29, 1.82) is 0 Å². The fraction of sp³-hybridized carbons (Fsp3) is 0.556. The Morgan fingerprint density at radius 3 is 2.38 bits per heavy atom. The normalized spacial score (nSPS) is 15.0. The summed E-state index contributed by atoms with van der Waals surface area (Å²) in [6.45, 7) is 2.68. The van der Waals surface area contributed by atoms with Gasteiger partial charge in [0, 0.05) is 36.5 Å². The maximum absolute atomic E-state index is 12.2. The molecule has 6 heteroatoms. The Bertz CT molecular complexity index is 526. The SMILES string of the molecule is CNCCC1CCN(C(=O)CCC(=O)c2ccc(Cl)cc2)CC1.Cl. The summed E-state index contributed by atoms with van der Waals surface area (Å²) in [6, 6.07) is 6.82. The van der Waals surface area contributed by atoms with Gasteiger partial charge in [-0.15, -0.1) is 12.4 Å². The van der Waals surface area contributed by atoms with Gasteiger partial charge in [0.1, 0.15) is 0 Å². The van der Waals surface area contributed by atoms with E-state index in [1.54, 1.807) is 24.3 Å². The molecule has 0 atom stereocenters. The topological polar surface area (TPSA) is 49.4 Å². The zero-order chi connectivity index (χ0) is 16.7. The lowest BCUT2D eigenvalue weighted by atomic mass is 9.93. The molecule has 1 aliphatic heterocycles. The average molecular weight is 373 g/mol. The average Bonchev–Trinajstić information content (AvgIpc) is 2.58. The molecule has 0 spiro atoms. The molecule has 1 saturated heterocycles. The first-order valence-electron chi connectivity index (χ1n) is 8.31. The van der Waals surface area contributed by atoms with E-state index in [0.717, 1.165) is 32.5 Å². The van der Waals surface area contributed by atoms with Gasteiger partial charge in [0.15, 0.2) is 5.78 Å². The Morgan fingerprint density at radius 2 is 1.79 bits per heavy atom. The van der Waals surface area contributed by atoms with E-state index in [0.29, 0.717) is 22.9 Å². The third-order valence-corrected chi connectivity index (χ3v) is 4.75. The van der Waals surface area contributed by atoms with Gasteiger partial charge in [0.25, 0.3) is 0 Å². The van der Waals surface area contributed by atoms with Crippen LogP contribution in [0, 0.1) is 5.92 Å². The van der Waals surface area contributed by atoms with Gasteiger partial charge in [-0.1, -0.05) is 11.6 Å². The van der Waals surface area contributed by atoms with Crippen LogP contribution >= 0.6 is 24.0 Å². The van der Waals surface area contributed by atoms with Crippen molar-refractivity contribution < 1.29 is 9.59 Å². The predicted octanol–water partition coefficient (Wildman–Crippen LogP) is 3.57. The third kappa shape index (κ3) is 6.42. The highest BCUT2D eigenvalue weighted by Crippen LogP contribution is 2.21. The van der Waals surface area contributed by atoms with Crippen LogP contribution in [-0.2, 0) is 4.79 Å². The number of rotatable bonds is 7. The van der Waals surface area contributed by atoms with Crippen molar-refractivity contribution >= 4 is 35.7 Å². The molecule has 1 aliphatic rings. The van der Waals surface area contributed by atoms with E-state index in [4.69, 9.17) is 11.6 Å². The molecule has 1 N–H and O–H groups in total. The van der Waals surface area contributed by atoms with E-state index in [-0.39, 0.29) is 30.5 Å². The van der Waals surface area contributed by atoms with Crippen LogP contribution in [-0.4, -0.2) is 43.3 Å². The highest BCUT2D eigenvalue weighted by Gasteiger charge is 2.22. The van der Waals surface area contributed by atoms with Crippen LogP contribution in [0.3, 0.4) is 0 Å². The lowest BCUT2D eigenvalue weighted by Crippen LogP contribution is -2.39. The molecule has 4 nitrogen and oxygen atoms in total. The molecule has 1 aromatic carbocycles. The molecule has 0 aliphatic carbocycles. The number of Topliss-reactive ketones (excluding diaryl/α,β-unsaturated/α-hetero) is 1. The number of nitrogens with zero attached hydrogens (tertiary/aromatic N) is 1. The zero-order valence-corrected chi connectivity index (χ0v) is 15.7. The first-order chi connectivity index (χ1) is 11.1. The van der Waals surface area contributed by atoms with Crippen molar-refractivity contribution in [3.63, 3.8) is 0 Å². The summed E-state index contributed by atoms with van der Waals surface area (Å²) in [7, 11) is 1.97. The maximum Gasteiger partial charge on any atom is 0.223 e. The largest absolute Gasteiger partial charge is 0.343 e. The van der Waals surface area contributed by atoms with Crippen molar-refractivity contribution in [2.24, 2.45) is 5.92 Å². The Hall–Kier alpha value is -1.10. The highest BCUT2D eigenvalue weighted by molar-refractivity contribution is 6.30. The van der Waals surface area contributed by atoms with Gasteiger partial charge in [-0.25, -0.2) is 0 Å². The number of benzene rings is 1. The first kappa shape index (κ1) is 20.9. The number of halogens is 2. The van der Waals surface area contributed by atoms with Gasteiger partial charge < -0.3 is 10.2 Å². The minimum absolute atomic E-state index is 0. The summed E-state index contributed by atoms with van der Waals surface area (Å²) >= 11 is 5.81. The molecule has 1 fully saturated rings. The minimum Gasteiger partial charge on any atom is -0.343 e. The number of carbonyl (C=O) groups excluding carboxylic acids is 2. The van der Waals surface area contributed by atoms with Crippen LogP contribution < -0.4 is 5.32 Å².